The number of rotatable bonds is 3. The van der Waals surface area contributed by atoms with E-state index in [2.05, 4.69) is 9.50 Å². The van der Waals surface area contributed by atoms with Crippen LogP contribution in [0.15, 0.2) is 0 Å². The zero-order valence-electron chi connectivity index (χ0n) is 7.12. The fraction of sp³-hybridized carbons (Fsp3) is 1.00. The highest BCUT2D eigenvalue weighted by atomic mass is 32.2. The first-order valence-electron chi connectivity index (χ1n) is 4.02. The van der Waals surface area contributed by atoms with Crippen molar-refractivity contribution in [1.82, 2.24) is 9.62 Å². The molecule has 0 aromatic carbocycles. The maximum atomic E-state index is 11.3. The Hall–Kier alpha value is -0.170. The highest BCUT2D eigenvalue weighted by Crippen LogP contribution is 2.03. The minimum Gasteiger partial charge on any atom is -0.314 e. The van der Waals surface area contributed by atoms with Gasteiger partial charge in [-0.3, -0.25) is 4.18 Å². The van der Waals surface area contributed by atoms with Crippen LogP contribution in [0.25, 0.3) is 0 Å². The second-order valence-corrected chi connectivity index (χ2v) is 4.12. The summed E-state index contributed by atoms with van der Waals surface area (Å²) in [6.45, 7) is 4.27. The van der Waals surface area contributed by atoms with Gasteiger partial charge in [0.05, 0.1) is 6.61 Å². The van der Waals surface area contributed by atoms with E-state index in [0.717, 1.165) is 0 Å². The predicted molar refractivity (Wildman–Crippen MR) is 45.0 cm³/mol. The lowest BCUT2D eigenvalue weighted by molar-refractivity contribution is 0.264. The minimum absolute atomic E-state index is 0.201. The van der Waals surface area contributed by atoms with E-state index in [4.69, 9.17) is 0 Å². The third-order valence-corrected chi connectivity index (χ3v) is 3.19. The van der Waals surface area contributed by atoms with Crippen molar-refractivity contribution in [3.63, 3.8) is 0 Å². The molecule has 1 rings (SSSR count). The molecule has 1 heterocycles. The van der Waals surface area contributed by atoms with Crippen molar-refractivity contribution in [3.8, 4) is 0 Å². The lowest BCUT2D eigenvalue weighted by atomic mass is 10.4. The Kier molecular flexibility index (Phi) is 3.45. The molecule has 72 valence electrons. The second kappa shape index (κ2) is 4.18. The van der Waals surface area contributed by atoms with E-state index >= 15 is 0 Å². The second-order valence-electron chi connectivity index (χ2n) is 2.51. The van der Waals surface area contributed by atoms with Crippen LogP contribution in [0.1, 0.15) is 6.92 Å². The lowest BCUT2D eigenvalue weighted by Gasteiger charge is -2.25. The molecule has 0 aromatic rings. The molecule has 0 saturated carbocycles. The van der Waals surface area contributed by atoms with Gasteiger partial charge in [-0.25, -0.2) is 0 Å². The van der Waals surface area contributed by atoms with Gasteiger partial charge in [0, 0.05) is 26.2 Å². The maximum absolute atomic E-state index is 11.3. The summed E-state index contributed by atoms with van der Waals surface area (Å²) in [6, 6.07) is 0. The zero-order chi connectivity index (χ0) is 9.03. The summed E-state index contributed by atoms with van der Waals surface area (Å²) in [7, 11) is -3.44. The molecule has 6 heteroatoms. The number of hydrogen-bond donors (Lipinski definition) is 1. The van der Waals surface area contributed by atoms with Crippen LogP contribution < -0.4 is 5.32 Å². The van der Waals surface area contributed by atoms with E-state index in [0.29, 0.717) is 26.2 Å². The third kappa shape index (κ3) is 2.41. The summed E-state index contributed by atoms with van der Waals surface area (Å²) in [5, 5.41) is 3.07. The van der Waals surface area contributed by atoms with E-state index in [1.807, 2.05) is 0 Å². The Morgan fingerprint density at radius 2 is 2.00 bits per heavy atom. The van der Waals surface area contributed by atoms with E-state index in [9.17, 15) is 8.42 Å². The Morgan fingerprint density at radius 1 is 1.42 bits per heavy atom. The van der Waals surface area contributed by atoms with Gasteiger partial charge in [-0.1, -0.05) is 0 Å². The first kappa shape index (κ1) is 9.91. The highest BCUT2D eigenvalue weighted by Gasteiger charge is 2.23. The van der Waals surface area contributed by atoms with Gasteiger partial charge in [-0.2, -0.15) is 12.7 Å². The molecule has 0 aromatic heterocycles. The molecule has 1 aliphatic rings. The fourth-order valence-corrected chi connectivity index (χ4v) is 2.17. The van der Waals surface area contributed by atoms with Crippen molar-refractivity contribution in [2.45, 2.75) is 6.92 Å². The van der Waals surface area contributed by atoms with Gasteiger partial charge in [0.2, 0.25) is 0 Å². The van der Waals surface area contributed by atoms with E-state index in [1.165, 1.54) is 4.31 Å². The average Bonchev–Trinajstić information content (AvgIpc) is 2.06. The summed E-state index contributed by atoms with van der Waals surface area (Å²) in [5.74, 6) is 0. The molecule has 5 nitrogen and oxygen atoms in total. The number of nitrogens with one attached hydrogen (secondary N) is 1. The molecule has 1 aliphatic heterocycles. The van der Waals surface area contributed by atoms with Gasteiger partial charge >= 0.3 is 10.3 Å². The van der Waals surface area contributed by atoms with E-state index < -0.39 is 10.3 Å². The first-order chi connectivity index (χ1) is 5.67. The van der Waals surface area contributed by atoms with E-state index in [1.54, 1.807) is 6.92 Å². The predicted octanol–water partition coefficient (Wildman–Crippen LogP) is -0.827. The van der Waals surface area contributed by atoms with Gasteiger partial charge < -0.3 is 5.32 Å². The summed E-state index contributed by atoms with van der Waals surface area (Å²) in [6.07, 6.45) is 0. The van der Waals surface area contributed by atoms with Crippen molar-refractivity contribution < 1.29 is 12.6 Å². The van der Waals surface area contributed by atoms with Crippen LogP contribution >= 0.6 is 0 Å². The van der Waals surface area contributed by atoms with Crippen molar-refractivity contribution in [2.75, 3.05) is 32.8 Å². The Morgan fingerprint density at radius 3 is 2.50 bits per heavy atom. The lowest BCUT2D eigenvalue weighted by Crippen LogP contribution is -2.46. The average molecular weight is 194 g/mol. The maximum Gasteiger partial charge on any atom is 0.338 e. The minimum atomic E-state index is -3.44. The van der Waals surface area contributed by atoms with Crippen molar-refractivity contribution in [1.29, 1.82) is 0 Å². The first-order valence-corrected chi connectivity index (χ1v) is 5.38. The van der Waals surface area contributed by atoms with E-state index in [-0.39, 0.29) is 6.61 Å². The van der Waals surface area contributed by atoms with Crippen molar-refractivity contribution >= 4 is 10.3 Å². The van der Waals surface area contributed by atoms with Crippen molar-refractivity contribution in [3.05, 3.63) is 0 Å². The van der Waals surface area contributed by atoms with Gasteiger partial charge in [-0.05, 0) is 6.92 Å². The molecule has 12 heavy (non-hydrogen) atoms. The molecule has 0 spiro atoms. The molecule has 0 aliphatic carbocycles. The third-order valence-electron chi connectivity index (χ3n) is 1.66. The summed E-state index contributed by atoms with van der Waals surface area (Å²) < 4.78 is 28.5. The van der Waals surface area contributed by atoms with Crippen LogP contribution in [0.2, 0.25) is 0 Å². The number of nitrogens with zero attached hydrogens (tertiary/aromatic N) is 1. The largest absolute Gasteiger partial charge is 0.338 e. The highest BCUT2D eigenvalue weighted by molar-refractivity contribution is 7.84. The standard InChI is InChI=1S/C6H14N2O3S/c1-2-11-12(9,10)8-5-3-7-4-6-8/h7H,2-6H2,1H3. The van der Waals surface area contributed by atoms with Crippen LogP contribution in [-0.2, 0) is 14.5 Å². The number of hydrogen-bond acceptors (Lipinski definition) is 4. The molecular formula is C6H14N2O3S. The normalized spacial score (nSPS) is 21.1. The van der Waals surface area contributed by atoms with Gasteiger partial charge in [0.1, 0.15) is 0 Å². The van der Waals surface area contributed by atoms with Crippen LogP contribution in [0.4, 0.5) is 0 Å². The fourth-order valence-electron chi connectivity index (χ4n) is 1.09. The zero-order valence-corrected chi connectivity index (χ0v) is 7.93. The summed E-state index contributed by atoms with van der Waals surface area (Å²) >= 11 is 0. The molecule has 0 atom stereocenters. The molecular weight excluding hydrogens is 180 g/mol. The van der Waals surface area contributed by atoms with Gasteiger partial charge in [0.25, 0.3) is 0 Å². The SMILES string of the molecule is CCOS(=O)(=O)N1CCNCC1. The molecule has 0 radical (unpaired) electrons. The monoisotopic (exact) mass is 194 g/mol. The molecule has 1 fully saturated rings. The van der Waals surface area contributed by atoms with Gasteiger partial charge in [0.15, 0.2) is 0 Å². The Bertz CT molecular complexity index is 221. The smallest absolute Gasteiger partial charge is 0.314 e. The molecule has 0 bridgehead atoms. The summed E-state index contributed by atoms with van der Waals surface area (Å²) in [5.41, 5.74) is 0. The van der Waals surface area contributed by atoms with Crippen LogP contribution in [0.5, 0.6) is 0 Å². The molecule has 0 unspecified atom stereocenters. The molecule has 1 saturated heterocycles. The quantitative estimate of drug-likeness (QED) is 0.637. The topological polar surface area (TPSA) is 58.6 Å². The van der Waals surface area contributed by atoms with Crippen LogP contribution in [0.3, 0.4) is 0 Å². The van der Waals surface area contributed by atoms with Crippen LogP contribution in [-0.4, -0.2) is 45.5 Å². The molecule has 0 amide bonds. The van der Waals surface area contributed by atoms with Gasteiger partial charge in [-0.15, -0.1) is 0 Å². The van der Waals surface area contributed by atoms with Crippen molar-refractivity contribution in [2.24, 2.45) is 0 Å². The van der Waals surface area contributed by atoms with Crippen LogP contribution in [0, 0.1) is 0 Å². The Labute approximate surface area is 73.0 Å². The molecule has 1 N–H and O–H groups in total. The summed E-state index contributed by atoms with van der Waals surface area (Å²) in [4.78, 5) is 0. The Balaban J connectivity index is 2.54. The number of piperazine rings is 1.